The van der Waals surface area contributed by atoms with E-state index >= 15 is 0 Å². The van der Waals surface area contributed by atoms with Crippen LogP contribution in [-0.4, -0.2) is 26.8 Å². The second-order valence-electron chi connectivity index (χ2n) is 5.12. The van der Waals surface area contributed by atoms with Crippen molar-refractivity contribution in [1.29, 1.82) is 0 Å². The quantitative estimate of drug-likeness (QED) is 0.686. The fourth-order valence-corrected chi connectivity index (χ4v) is 2.89. The summed E-state index contributed by atoms with van der Waals surface area (Å²) >= 11 is 3.57. The Morgan fingerprint density at radius 2 is 2.16 bits per heavy atom. The Hall–Kier alpha value is -0.380. The van der Waals surface area contributed by atoms with Crippen LogP contribution < -0.4 is 5.32 Å². The van der Waals surface area contributed by atoms with Crippen molar-refractivity contribution in [2.75, 3.05) is 26.8 Å². The van der Waals surface area contributed by atoms with Crippen LogP contribution in [-0.2, 0) is 4.74 Å². The standard InChI is InChI=1S/C16H26BrNO/c1-4-6-13(2)16(12-18-9-10-19-3)14-7-5-8-15(17)11-14/h5,7-8,11,13,16,18H,4,6,9-10,12H2,1-3H3. The summed E-state index contributed by atoms with van der Waals surface area (Å²) in [6, 6.07) is 8.69. The summed E-state index contributed by atoms with van der Waals surface area (Å²) in [4.78, 5) is 0. The fraction of sp³-hybridized carbons (Fsp3) is 0.625. The van der Waals surface area contributed by atoms with Crippen molar-refractivity contribution in [2.45, 2.75) is 32.6 Å². The molecule has 0 amide bonds. The predicted octanol–water partition coefficient (Wildman–Crippen LogP) is 4.20. The van der Waals surface area contributed by atoms with Crippen molar-refractivity contribution in [1.82, 2.24) is 5.32 Å². The lowest BCUT2D eigenvalue weighted by Gasteiger charge is -2.25. The van der Waals surface area contributed by atoms with Gasteiger partial charge in [-0.15, -0.1) is 0 Å². The number of methoxy groups -OCH3 is 1. The molecule has 0 bridgehead atoms. The third-order valence-electron chi connectivity index (χ3n) is 3.55. The zero-order chi connectivity index (χ0) is 14.1. The Kier molecular flexibility index (Phi) is 8.35. The van der Waals surface area contributed by atoms with Crippen LogP contribution in [0.25, 0.3) is 0 Å². The lowest BCUT2D eigenvalue weighted by atomic mass is 9.84. The molecule has 0 saturated carbocycles. The second kappa shape index (κ2) is 9.51. The molecule has 0 spiro atoms. The first kappa shape index (κ1) is 16.7. The van der Waals surface area contributed by atoms with Gasteiger partial charge in [0, 0.05) is 24.7 Å². The van der Waals surface area contributed by atoms with Gasteiger partial charge < -0.3 is 10.1 Å². The highest BCUT2D eigenvalue weighted by molar-refractivity contribution is 9.10. The van der Waals surface area contributed by atoms with Gasteiger partial charge in [-0.3, -0.25) is 0 Å². The molecule has 0 aliphatic rings. The summed E-state index contributed by atoms with van der Waals surface area (Å²) in [6.45, 7) is 7.31. The van der Waals surface area contributed by atoms with E-state index in [1.807, 2.05) is 0 Å². The Balaban J connectivity index is 2.68. The van der Waals surface area contributed by atoms with Gasteiger partial charge in [0.05, 0.1) is 6.61 Å². The smallest absolute Gasteiger partial charge is 0.0587 e. The molecule has 0 fully saturated rings. The van der Waals surface area contributed by atoms with E-state index in [9.17, 15) is 0 Å². The molecule has 0 aromatic heterocycles. The van der Waals surface area contributed by atoms with Crippen LogP contribution in [0.5, 0.6) is 0 Å². The lowest BCUT2D eigenvalue weighted by molar-refractivity contribution is 0.198. The number of hydrogen-bond acceptors (Lipinski definition) is 2. The lowest BCUT2D eigenvalue weighted by Crippen LogP contribution is -2.28. The molecule has 1 aromatic rings. The van der Waals surface area contributed by atoms with E-state index in [2.05, 4.69) is 59.4 Å². The number of hydrogen-bond donors (Lipinski definition) is 1. The maximum Gasteiger partial charge on any atom is 0.0587 e. The van der Waals surface area contributed by atoms with E-state index in [0.29, 0.717) is 11.8 Å². The largest absolute Gasteiger partial charge is 0.383 e. The third kappa shape index (κ3) is 6.07. The second-order valence-corrected chi connectivity index (χ2v) is 6.04. The SMILES string of the molecule is CCCC(C)C(CNCCOC)c1cccc(Br)c1. The molecule has 0 saturated heterocycles. The van der Waals surface area contributed by atoms with E-state index in [1.165, 1.54) is 18.4 Å². The summed E-state index contributed by atoms with van der Waals surface area (Å²) in [5.74, 6) is 1.25. The van der Waals surface area contributed by atoms with Gasteiger partial charge >= 0.3 is 0 Å². The zero-order valence-corrected chi connectivity index (χ0v) is 13.9. The molecular formula is C16H26BrNO. The van der Waals surface area contributed by atoms with Crippen LogP contribution in [0.4, 0.5) is 0 Å². The highest BCUT2D eigenvalue weighted by Crippen LogP contribution is 2.29. The Morgan fingerprint density at radius 3 is 2.79 bits per heavy atom. The average Bonchev–Trinajstić information content (AvgIpc) is 2.39. The van der Waals surface area contributed by atoms with Gasteiger partial charge in [-0.25, -0.2) is 0 Å². The number of rotatable bonds is 9. The van der Waals surface area contributed by atoms with Crippen LogP contribution in [0, 0.1) is 5.92 Å². The van der Waals surface area contributed by atoms with Gasteiger partial charge in [0.2, 0.25) is 0 Å². The van der Waals surface area contributed by atoms with E-state index < -0.39 is 0 Å². The molecular weight excluding hydrogens is 302 g/mol. The summed E-state index contributed by atoms with van der Waals surface area (Å²) < 4.78 is 6.25. The highest BCUT2D eigenvalue weighted by atomic mass is 79.9. The zero-order valence-electron chi connectivity index (χ0n) is 12.3. The van der Waals surface area contributed by atoms with E-state index in [1.54, 1.807) is 7.11 Å². The van der Waals surface area contributed by atoms with E-state index in [-0.39, 0.29) is 0 Å². The monoisotopic (exact) mass is 327 g/mol. The molecule has 0 aliphatic heterocycles. The number of ether oxygens (including phenoxy) is 1. The van der Waals surface area contributed by atoms with Crippen molar-refractivity contribution in [2.24, 2.45) is 5.92 Å². The molecule has 2 atom stereocenters. The molecule has 1 rings (SSSR count). The average molecular weight is 328 g/mol. The van der Waals surface area contributed by atoms with Gasteiger partial charge in [-0.1, -0.05) is 54.8 Å². The Labute approximate surface area is 126 Å². The van der Waals surface area contributed by atoms with Crippen LogP contribution in [0.2, 0.25) is 0 Å². The number of halogens is 1. The third-order valence-corrected chi connectivity index (χ3v) is 4.05. The summed E-state index contributed by atoms with van der Waals surface area (Å²) in [5, 5.41) is 3.50. The van der Waals surface area contributed by atoms with E-state index in [0.717, 1.165) is 24.2 Å². The van der Waals surface area contributed by atoms with Crippen LogP contribution in [0.15, 0.2) is 28.7 Å². The van der Waals surface area contributed by atoms with Crippen LogP contribution >= 0.6 is 15.9 Å². The molecule has 3 heteroatoms. The summed E-state index contributed by atoms with van der Waals surface area (Å²) in [7, 11) is 1.74. The molecule has 108 valence electrons. The Morgan fingerprint density at radius 1 is 1.37 bits per heavy atom. The predicted molar refractivity (Wildman–Crippen MR) is 85.7 cm³/mol. The van der Waals surface area contributed by atoms with Crippen LogP contribution in [0.1, 0.15) is 38.2 Å². The van der Waals surface area contributed by atoms with Crippen molar-refractivity contribution >= 4 is 15.9 Å². The van der Waals surface area contributed by atoms with Crippen molar-refractivity contribution in [3.8, 4) is 0 Å². The minimum Gasteiger partial charge on any atom is -0.383 e. The molecule has 2 unspecified atom stereocenters. The van der Waals surface area contributed by atoms with Gasteiger partial charge in [-0.05, 0) is 29.5 Å². The van der Waals surface area contributed by atoms with Gasteiger partial charge in [0.1, 0.15) is 0 Å². The van der Waals surface area contributed by atoms with Gasteiger partial charge in [0.25, 0.3) is 0 Å². The molecule has 19 heavy (non-hydrogen) atoms. The molecule has 1 N–H and O–H groups in total. The first-order valence-electron chi connectivity index (χ1n) is 7.14. The summed E-state index contributed by atoms with van der Waals surface area (Å²) in [5.41, 5.74) is 1.42. The molecule has 2 nitrogen and oxygen atoms in total. The molecule has 1 aromatic carbocycles. The number of benzene rings is 1. The van der Waals surface area contributed by atoms with Crippen molar-refractivity contribution in [3.63, 3.8) is 0 Å². The van der Waals surface area contributed by atoms with Gasteiger partial charge in [0.15, 0.2) is 0 Å². The fourth-order valence-electron chi connectivity index (χ4n) is 2.47. The topological polar surface area (TPSA) is 21.3 Å². The van der Waals surface area contributed by atoms with Crippen LogP contribution in [0.3, 0.4) is 0 Å². The van der Waals surface area contributed by atoms with E-state index in [4.69, 9.17) is 4.74 Å². The maximum absolute atomic E-state index is 5.09. The molecule has 0 radical (unpaired) electrons. The van der Waals surface area contributed by atoms with Crippen molar-refractivity contribution in [3.05, 3.63) is 34.3 Å². The van der Waals surface area contributed by atoms with Crippen molar-refractivity contribution < 1.29 is 4.74 Å². The van der Waals surface area contributed by atoms with Gasteiger partial charge in [-0.2, -0.15) is 0 Å². The normalized spacial score (nSPS) is 14.3. The minimum absolute atomic E-state index is 0.564. The maximum atomic E-state index is 5.09. The molecule has 0 aliphatic carbocycles. The highest BCUT2D eigenvalue weighted by Gasteiger charge is 2.18. The number of nitrogens with one attached hydrogen (secondary N) is 1. The Bertz CT molecular complexity index is 356. The first-order chi connectivity index (χ1) is 9.19. The minimum atomic E-state index is 0.564. The first-order valence-corrected chi connectivity index (χ1v) is 7.93. The summed E-state index contributed by atoms with van der Waals surface area (Å²) in [6.07, 6.45) is 2.51. The molecule has 0 heterocycles.